The van der Waals surface area contributed by atoms with Gasteiger partial charge in [-0.05, 0) is 35.7 Å². The molecule has 4 aromatic rings. The summed E-state index contributed by atoms with van der Waals surface area (Å²) in [5, 5.41) is 0. The molecule has 2 heteroatoms. The lowest BCUT2D eigenvalue weighted by Crippen LogP contribution is -2.11. The van der Waals surface area contributed by atoms with E-state index in [9.17, 15) is 4.79 Å². The van der Waals surface area contributed by atoms with E-state index in [0.717, 1.165) is 28.1 Å². The van der Waals surface area contributed by atoms with Crippen LogP contribution in [0.3, 0.4) is 0 Å². The lowest BCUT2D eigenvalue weighted by molar-refractivity contribution is 1.03. The Bertz CT molecular complexity index is 1100. The van der Waals surface area contributed by atoms with Crippen LogP contribution in [0.1, 0.15) is 5.56 Å². The lowest BCUT2D eigenvalue weighted by Gasteiger charge is -2.16. The van der Waals surface area contributed by atoms with E-state index in [4.69, 9.17) is 0 Å². The normalized spacial score (nSPS) is 10.7. The molecule has 0 bridgehead atoms. The summed E-state index contributed by atoms with van der Waals surface area (Å²) >= 11 is 0. The molecule has 126 valence electrons. The zero-order valence-electron chi connectivity index (χ0n) is 14.6. The number of hydrogen-bond acceptors (Lipinski definition) is 1. The number of hydrogen-bond donors (Lipinski definition) is 0. The van der Waals surface area contributed by atoms with Gasteiger partial charge in [0.05, 0.1) is 5.69 Å². The first-order valence-electron chi connectivity index (χ1n) is 8.67. The van der Waals surface area contributed by atoms with Crippen LogP contribution in [0.2, 0.25) is 0 Å². The standard InChI is InChI=1S/C24H19NO/c1-18-17-25(23(16-24(18)26)20-11-6-3-7-12-20)22-14-8-13-21(15-22)19-9-4-2-5-10-19/h2-17H,1H3. The Balaban J connectivity index is 1.91. The average Bonchev–Trinajstić information content (AvgIpc) is 2.71. The molecular weight excluding hydrogens is 318 g/mol. The van der Waals surface area contributed by atoms with Crippen molar-refractivity contribution in [2.75, 3.05) is 0 Å². The van der Waals surface area contributed by atoms with E-state index in [1.54, 1.807) is 6.07 Å². The fraction of sp³-hybridized carbons (Fsp3) is 0.0417. The first-order valence-corrected chi connectivity index (χ1v) is 8.67. The van der Waals surface area contributed by atoms with Crippen LogP contribution in [0.4, 0.5) is 0 Å². The van der Waals surface area contributed by atoms with Gasteiger partial charge in [-0.2, -0.15) is 0 Å². The van der Waals surface area contributed by atoms with Gasteiger partial charge < -0.3 is 4.57 Å². The minimum atomic E-state index is 0.0549. The molecule has 0 saturated carbocycles. The van der Waals surface area contributed by atoms with Crippen LogP contribution < -0.4 is 5.43 Å². The molecule has 1 heterocycles. The fourth-order valence-corrected chi connectivity index (χ4v) is 3.15. The molecule has 0 radical (unpaired) electrons. The van der Waals surface area contributed by atoms with Gasteiger partial charge in [0.1, 0.15) is 0 Å². The summed E-state index contributed by atoms with van der Waals surface area (Å²) in [6.45, 7) is 1.86. The molecule has 0 unspecified atom stereocenters. The quantitative estimate of drug-likeness (QED) is 0.485. The van der Waals surface area contributed by atoms with Gasteiger partial charge in [0.25, 0.3) is 0 Å². The smallest absolute Gasteiger partial charge is 0.185 e. The van der Waals surface area contributed by atoms with Crippen LogP contribution in [-0.2, 0) is 0 Å². The molecule has 0 fully saturated rings. The number of nitrogens with zero attached hydrogens (tertiary/aromatic N) is 1. The second kappa shape index (κ2) is 6.85. The van der Waals surface area contributed by atoms with Crippen molar-refractivity contribution >= 4 is 0 Å². The van der Waals surface area contributed by atoms with Crippen LogP contribution in [0, 0.1) is 6.92 Å². The maximum Gasteiger partial charge on any atom is 0.185 e. The topological polar surface area (TPSA) is 22.0 Å². The molecule has 0 aliphatic rings. The third kappa shape index (κ3) is 3.09. The maximum absolute atomic E-state index is 12.3. The number of aryl methyl sites for hydroxylation is 1. The zero-order chi connectivity index (χ0) is 17.9. The van der Waals surface area contributed by atoms with Crippen molar-refractivity contribution in [3.8, 4) is 28.1 Å². The maximum atomic E-state index is 12.3. The lowest BCUT2D eigenvalue weighted by atomic mass is 10.0. The van der Waals surface area contributed by atoms with Gasteiger partial charge in [-0.3, -0.25) is 4.79 Å². The molecule has 1 aromatic heterocycles. The molecule has 0 aliphatic heterocycles. The van der Waals surface area contributed by atoms with Gasteiger partial charge in [-0.1, -0.05) is 72.8 Å². The summed E-state index contributed by atoms with van der Waals surface area (Å²) < 4.78 is 2.10. The van der Waals surface area contributed by atoms with E-state index in [2.05, 4.69) is 41.0 Å². The Morgan fingerprint density at radius 3 is 1.96 bits per heavy atom. The molecule has 26 heavy (non-hydrogen) atoms. The minimum absolute atomic E-state index is 0.0549. The number of benzene rings is 3. The predicted molar refractivity (Wildman–Crippen MR) is 108 cm³/mol. The van der Waals surface area contributed by atoms with E-state index in [0.29, 0.717) is 0 Å². The van der Waals surface area contributed by atoms with Crippen molar-refractivity contribution in [2.24, 2.45) is 0 Å². The Morgan fingerprint density at radius 1 is 0.654 bits per heavy atom. The average molecular weight is 337 g/mol. The molecule has 0 atom stereocenters. The number of aromatic nitrogens is 1. The van der Waals surface area contributed by atoms with E-state index in [-0.39, 0.29) is 5.43 Å². The Hall–Kier alpha value is -3.39. The Labute approximate surface area is 153 Å². The van der Waals surface area contributed by atoms with Crippen molar-refractivity contribution in [2.45, 2.75) is 6.92 Å². The van der Waals surface area contributed by atoms with Crippen molar-refractivity contribution in [3.63, 3.8) is 0 Å². The first-order chi connectivity index (χ1) is 12.7. The van der Waals surface area contributed by atoms with Crippen LogP contribution in [0.5, 0.6) is 0 Å². The summed E-state index contributed by atoms with van der Waals surface area (Å²) in [4.78, 5) is 12.3. The third-order valence-corrected chi connectivity index (χ3v) is 4.54. The van der Waals surface area contributed by atoms with Gasteiger partial charge >= 0.3 is 0 Å². The van der Waals surface area contributed by atoms with Crippen molar-refractivity contribution in [1.82, 2.24) is 4.57 Å². The first kappa shape index (κ1) is 16.1. The van der Waals surface area contributed by atoms with Gasteiger partial charge in [-0.15, -0.1) is 0 Å². The highest BCUT2D eigenvalue weighted by Gasteiger charge is 2.09. The highest BCUT2D eigenvalue weighted by molar-refractivity contribution is 5.68. The van der Waals surface area contributed by atoms with Crippen LogP contribution in [-0.4, -0.2) is 4.57 Å². The van der Waals surface area contributed by atoms with E-state index in [1.165, 1.54) is 5.56 Å². The van der Waals surface area contributed by atoms with Crippen LogP contribution in [0.25, 0.3) is 28.1 Å². The number of rotatable bonds is 3. The molecule has 0 aliphatic carbocycles. The van der Waals surface area contributed by atoms with E-state index >= 15 is 0 Å². The van der Waals surface area contributed by atoms with Crippen molar-refractivity contribution in [3.05, 3.63) is 113 Å². The second-order valence-corrected chi connectivity index (χ2v) is 6.36. The Kier molecular flexibility index (Phi) is 4.24. The molecule has 3 aromatic carbocycles. The summed E-state index contributed by atoms with van der Waals surface area (Å²) in [7, 11) is 0. The van der Waals surface area contributed by atoms with Crippen LogP contribution >= 0.6 is 0 Å². The summed E-state index contributed by atoms with van der Waals surface area (Å²) in [5.41, 5.74) is 6.07. The highest BCUT2D eigenvalue weighted by atomic mass is 16.1. The third-order valence-electron chi connectivity index (χ3n) is 4.54. The summed E-state index contributed by atoms with van der Waals surface area (Å²) in [5.74, 6) is 0. The SMILES string of the molecule is Cc1cn(-c2cccc(-c3ccccc3)c2)c(-c2ccccc2)cc1=O. The number of pyridine rings is 1. The molecule has 0 saturated heterocycles. The van der Waals surface area contributed by atoms with Gasteiger partial charge in [0.2, 0.25) is 0 Å². The second-order valence-electron chi connectivity index (χ2n) is 6.36. The largest absolute Gasteiger partial charge is 0.316 e. The van der Waals surface area contributed by atoms with E-state index in [1.807, 2.05) is 61.7 Å². The van der Waals surface area contributed by atoms with Gasteiger partial charge in [0, 0.05) is 23.5 Å². The zero-order valence-corrected chi connectivity index (χ0v) is 14.6. The predicted octanol–water partition coefficient (Wildman–Crippen LogP) is 5.48. The minimum Gasteiger partial charge on any atom is -0.316 e. The monoisotopic (exact) mass is 337 g/mol. The molecule has 4 rings (SSSR count). The van der Waals surface area contributed by atoms with Gasteiger partial charge in [0.15, 0.2) is 5.43 Å². The molecule has 0 spiro atoms. The summed E-state index contributed by atoms with van der Waals surface area (Å²) in [6.07, 6.45) is 1.93. The Morgan fingerprint density at radius 2 is 1.27 bits per heavy atom. The molecule has 2 nitrogen and oxygen atoms in total. The van der Waals surface area contributed by atoms with E-state index < -0.39 is 0 Å². The molecular formula is C24H19NO. The van der Waals surface area contributed by atoms with Gasteiger partial charge in [-0.25, -0.2) is 0 Å². The molecule has 0 amide bonds. The molecule has 0 N–H and O–H groups in total. The van der Waals surface area contributed by atoms with Crippen molar-refractivity contribution < 1.29 is 0 Å². The highest BCUT2D eigenvalue weighted by Crippen LogP contribution is 2.26. The summed E-state index contributed by atoms with van der Waals surface area (Å²) in [6, 6.07) is 30.5. The van der Waals surface area contributed by atoms with Crippen molar-refractivity contribution in [1.29, 1.82) is 0 Å². The van der Waals surface area contributed by atoms with Crippen LogP contribution in [0.15, 0.2) is 102 Å². The fourth-order valence-electron chi connectivity index (χ4n) is 3.15.